The Morgan fingerprint density at radius 3 is 2.53 bits per heavy atom. The number of carboxylic acid groups (broad SMARTS) is 2. The van der Waals surface area contributed by atoms with Gasteiger partial charge in [0, 0.05) is 23.2 Å². The van der Waals surface area contributed by atoms with Gasteiger partial charge in [0.25, 0.3) is 11.8 Å². The van der Waals surface area contributed by atoms with Gasteiger partial charge in [-0.05, 0) is 26.0 Å². The fraction of sp³-hybridized carbons (Fsp3) is 0.360. The Kier molecular flexibility index (Phi) is 10.3. The Balaban J connectivity index is 1.40. The summed E-state index contributed by atoms with van der Waals surface area (Å²) in [5, 5.41) is 59.9. The van der Waals surface area contributed by atoms with Crippen LogP contribution >= 0.6 is 46.5 Å². The number of carbonyl (C=O) groups is 5. The van der Waals surface area contributed by atoms with Gasteiger partial charge in [0.2, 0.25) is 11.5 Å². The molecule has 3 heterocycles. The first-order valence-electron chi connectivity index (χ1n) is 13.1. The molecule has 0 aliphatic carbocycles. The number of nitrogens with two attached hydrogens (primary N) is 1. The quantitative estimate of drug-likeness (QED) is 0.0343. The standard InChI is InChI=1S/C25H26ClN7O11S3/c1-24(2,21(39)40)44-32-14(10-7-45-23(27)29-10)18(37)30-15-19(38)33-8-25(22(41)42,47-20(15)33)46-6-5-28-17(36)13(31-43)9-3-4-11(34)16(35)12(9)26/h3-4,7,15,20,34-35,43H,5-6,8H2,1-2H3,(H2,27,29)(H,28,36)(H,30,37)(H,39,40)(H,41,42)/b31-13-,32-14-/t15-,20-,25-/m1/s1. The second-order valence-corrected chi connectivity index (χ2v) is 14.6. The number of fused-ring (bicyclic) bond motifs is 1. The highest BCUT2D eigenvalue weighted by Crippen LogP contribution is 2.52. The molecule has 3 amide bonds. The molecule has 4 rings (SSSR count). The number of nitrogen functional groups attached to an aromatic ring is 1. The van der Waals surface area contributed by atoms with Crippen LogP contribution in [-0.4, -0.2) is 117 Å². The average molecular weight is 732 g/mol. The Labute approximate surface area is 282 Å². The summed E-state index contributed by atoms with van der Waals surface area (Å²) >= 11 is 8.74. The first-order chi connectivity index (χ1) is 22.0. The summed E-state index contributed by atoms with van der Waals surface area (Å²) < 4.78 is -1.58. The number of benzene rings is 1. The number of phenols is 2. The van der Waals surface area contributed by atoms with Crippen molar-refractivity contribution in [2.24, 2.45) is 10.3 Å². The van der Waals surface area contributed by atoms with Gasteiger partial charge in [-0.2, -0.15) is 0 Å². The lowest BCUT2D eigenvalue weighted by Crippen LogP contribution is -2.68. The second-order valence-electron chi connectivity index (χ2n) is 10.2. The molecule has 2 fully saturated rings. The van der Waals surface area contributed by atoms with E-state index in [-0.39, 0.29) is 35.2 Å². The molecule has 47 heavy (non-hydrogen) atoms. The number of rotatable bonds is 13. The van der Waals surface area contributed by atoms with Gasteiger partial charge in [0.05, 0.1) is 11.6 Å². The number of phenolic OH excluding ortho intramolecular Hbond substituents is 2. The van der Waals surface area contributed by atoms with Crippen molar-refractivity contribution < 1.29 is 54.4 Å². The number of nitrogens with one attached hydrogen (secondary N) is 2. The van der Waals surface area contributed by atoms with E-state index in [4.69, 9.17) is 22.2 Å². The van der Waals surface area contributed by atoms with E-state index in [1.807, 2.05) is 0 Å². The minimum atomic E-state index is -1.82. The minimum absolute atomic E-state index is 0.0167. The van der Waals surface area contributed by atoms with Crippen LogP contribution in [0, 0.1) is 0 Å². The van der Waals surface area contributed by atoms with Gasteiger partial charge >= 0.3 is 11.9 Å². The van der Waals surface area contributed by atoms with Crippen molar-refractivity contribution in [1.82, 2.24) is 20.5 Å². The van der Waals surface area contributed by atoms with Gasteiger partial charge < -0.3 is 51.7 Å². The molecule has 0 saturated carbocycles. The maximum absolute atomic E-state index is 13.2. The highest BCUT2D eigenvalue weighted by Gasteiger charge is 2.62. The first kappa shape index (κ1) is 35.4. The number of carboxylic acids is 2. The van der Waals surface area contributed by atoms with Gasteiger partial charge in [0.15, 0.2) is 32.1 Å². The van der Waals surface area contributed by atoms with Gasteiger partial charge in [-0.1, -0.05) is 21.9 Å². The van der Waals surface area contributed by atoms with E-state index in [0.29, 0.717) is 0 Å². The van der Waals surface area contributed by atoms with E-state index in [0.717, 1.165) is 47.0 Å². The fourth-order valence-electron chi connectivity index (χ4n) is 4.10. The van der Waals surface area contributed by atoms with Crippen molar-refractivity contribution in [1.29, 1.82) is 0 Å². The van der Waals surface area contributed by atoms with Crippen molar-refractivity contribution in [2.75, 3.05) is 24.6 Å². The third-order valence-corrected chi connectivity index (χ3v) is 11.0. The molecular formula is C25H26ClN7O11S3. The summed E-state index contributed by atoms with van der Waals surface area (Å²) in [7, 11) is 0. The molecule has 252 valence electrons. The number of hydrogen-bond donors (Lipinski definition) is 8. The number of carbonyl (C=O) groups excluding carboxylic acids is 3. The van der Waals surface area contributed by atoms with Crippen LogP contribution in [0.4, 0.5) is 5.13 Å². The molecule has 18 nitrogen and oxygen atoms in total. The summed E-state index contributed by atoms with van der Waals surface area (Å²) in [5.74, 6) is -6.33. The number of thiazole rings is 1. The predicted molar refractivity (Wildman–Crippen MR) is 170 cm³/mol. The molecule has 0 bridgehead atoms. The van der Waals surface area contributed by atoms with Crippen molar-refractivity contribution in [3.8, 4) is 11.5 Å². The number of aliphatic carboxylic acids is 2. The molecular weight excluding hydrogens is 706 g/mol. The zero-order valence-electron chi connectivity index (χ0n) is 24.2. The number of hydrogen-bond acceptors (Lipinski definition) is 16. The van der Waals surface area contributed by atoms with Crippen molar-refractivity contribution in [3.05, 3.63) is 33.8 Å². The minimum Gasteiger partial charge on any atom is -0.504 e. The maximum atomic E-state index is 13.2. The smallest absolute Gasteiger partial charge is 0.350 e. The average Bonchev–Trinajstić information content (AvgIpc) is 3.60. The predicted octanol–water partition coefficient (Wildman–Crippen LogP) is 0.283. The topological polar surface area (TPSA) is 287 Å². The van der Waals surface area contributed by atoms with Crippen LogP contribution in [0.1, 0.15) is 25.1 Å². The molecule has 2 aliphatic heterocycles. The van der Waals surface area contributed by atoms with E-state index in [9.17, 15) is 49.6 Å². The number of anilines is 1. The molecule has 2 saturated heterocycles. The Morgan fingerprint density at radius 2 is 1.94 bits per heavy atom. The number of nitrogens with zero attached hydrogens (tertiary/aromatic N) is 4. The summed E-state index contributed by atoms with van der Waals surface area (Å²) in [6.07, 6.45) is 0. The van der Waals surface area contributed by atoms with Gasteiger partial charge in [-0.15, -0.1) is 34.9 Å². The number of halogens is 1. The van der Waals surface area contributed by atoms with E-state index in [2.05, 4.69) is 25.9 Å². The van der Waals surface area contributed by atoms with Crippen LogP contribution in [0.3, 0.4) is 0 Å². The molecule has 1 aromatic heterocycles. The number of β-lactam (4-membered cyclic amide) rings is 1. The van der Waals surface area contributed by atoms with Crippen LogP contribution in [0.2, 0.25) is 5.02 Å². The monoisotopic (exact) mass is 731 g/mol. The van der Waals surface area contributed by atoms with E-state index < -0.39 is 78.7 Å². The number of amides is 3. The summed E-state index contributed by atoms with van der Waals surface area (Å²) in [6.45, 7) is 2.06. The van der Waals surface area contributed by atoms with Crippen LogP contribution in [0.15, 0.2) is 27.8 Å². The lowest BCUT2D eigenvalue weighted by Gasteiger charge is -2.41. The third-order valence-electron chi connectivity index (χ3n) is 6.69. The summed E-state index contributed by atoms with van der Waals surface area (Å²) in [5.41, 5.74) is 2.61. The van der Waals surface area contributed by atoms with E-state index in [1.165, 1.54) is 24.1 Å². The van der Waals surface area contributed by atoms with Crippen LogP contribution in [0.25, 0.3) is 0 Å². The van der Waals surface area contributed by atoms with Gasteiger partial charge in [-0.25, -0.2) is 14.6 Å². The Hall–Kier alpha value is -4.47. The largest absolute Gasteiger partial charge is 0.504 e. The van der Waals surface area contributed by atoms with Crippen molar-refractivity contribution in [3.63, 3.8) is 0 Å². The molecule has 2 aromatic rings. The fourth-order valence-corrected chi connectivity index (χ4v) is 7.94. The second kappa shape index (κ2) is 13.7. The highest BCUT2D eigenvalue weighted by molar-refractivity contribution is 8.20. The molecule has 0 radical (unpaired) electrons. The highest BCUT2D eigenvalue weighted by atomic mass is 35.5. The molecule has 1 aromatic carbocycles. The number of thioether (sulfide) groups is 2. The third kappa shape index (κ3) is 7.11. The number of aromatic nitrogens is 1. The van der Waals surface area contributed by atoms with Gasteiger partial charge in [0.1, 0.15) is 17.1 Å². The number of oxime groups is 2. The number of aromatic hydroxyl groups is 2. The lowest BCUT2D eigenvalue weighted by molar-refractivity contribution is -0.161. The van der Waals surface area contributed by atoms with E-state index in [1.54, 1.807) is 0 Å². The molecule has 0 unspecified atom stereocenters. The zero-order chi connectivity index (χ0) is 34.8. The van der Waals surface area contributed by atoms with Crippen LogP contribution in [0.5, 0.6) is 11.5 Å². The van der Waals surface area contributed by atoms with Crippen LogP contribution < -0.4 is 16.4 Å². The molecule has 22 heteroatoms. The summed E-state index contributed by atoms with van der Waals surface area (Å²) in [6, 6.07) is 1.02. The maximum Gasteiger partial charge on any atom is 0.350 e. The Morgan fingerprint density at radius 1 is 1.23 bits per heavy atom. The van der Waals surface area contributed by atoms with Crippen LogP contribution in [-0.2, 0) is 28.8 Å². The van der Waals surface area contributed by atoms with E-state index >= 15 is 0 Å². The molecule has 2 aliphatic rings. The first-order valence-corrected chi connectivity index (χ1v) is 16.2. The summed E-state index contributed by atoms with van der Waals surface area (Å²) in [4.78, 5) is 73.0. The Bertz CT molecular complexity index is 1700. The molecule has 9 N–H and O–H groups in total. The SMILES string of the molecule is CC(C)(O/N=C(\C(=O)N[C@@H]1C(=O)N2C[C@](SCCNC(=O)/C(=N\O)c3ccc(O)c(O)c3Cl)(C(=O)O)S[C@H]12)c1csc(N)n1)C(=O)O. The van der Waals surface area contributed by atoms with Crippen molar-refractivity contribution in [2.45, 2.75) is 34.9 Å². The van der Waals surface area contributed by atoms with Crippen molar-refractivity contribution >= 4 is 92.7 Å². The molecule has 0 spiro atoms. The normalized spacial score (nSPS) is 21.1. The molecule has 3 atom stereocenters. The zero-order valence-corrected chi connectivity index (χ0v) is 27.4. The lowest BCUT2D eigenvalue weighted by atomic mass is 10.1. The van der Waals surface area contributed by atoms with Gasteiger partial charge in [-0.3, -0.25) is 14.4 Å².